The lowest BCUT2D eigenvalue weighted by molar-refractivity contribution is 0.210. The highest BCUT2D eigenvalue weighted by Crippen LogP contribution is 2.30. The Hall–Kier alpha value is -2.40. The molecular formula is C18H22N4O. The minimum absolute atomic E-state index is 0.647. The second kappa shape index (κ2) is 6.38. The molecule has 0 bridgehead atoms. The molecule has 2 heterocycles. The molecule has 0 amide bonds. The van der Waals surface area contributed by atoms with E-state index < -0.39 is 0 Å². The summed E-state index contributed by atoms with van der Waals surface area (Å²) in [5.41, 5.74) is 6.20. The Morgan fingerprint density at radius 3 is 2.52 bits per heavy atom. The second-order valence-corrected chi connectivity index (χ2v) is 5.65. The molecule has 120 valence electrons. The van der Waals surface area contributed by atoms with Crippen LogP contribution in [0.1, 0.15) is 17.0 Å². The number of methoxy groups -OCH3 is 1. The van der Waals surface area contributed by atoms with Gasteiger partial charge in [0.2, 0.25) is 0 Å². The van der Waals surface area contributed by atoms with Gasteiger partial charge >= 0.3 is 0 Å². The van der Waals surface area contributed by atoms with Crippen LogP contribution in [0.4, 0.5) is 5.82 Å². The number of anilines is 1. The molecule has 0 spiro atoms. The van der Waals surface area contributed by atoms with E-state index in [2.05, 4.69) is 24.4 Å². The first-order chi connectivity index (χ1) is 11.1. The molecular weight excluding hydrogens is 288 g/mol. The summed E-state index contributed by atoms with van der Waals surface area (Å²) in [5.74, 6) is 0.981. The fraction of sp³-hybridized carbons (Fsp3) is 0.333. The van der Waals surface area contributed by atoms with Crippen LogP contribution in [-0.2, 0) is 4.74 Å². The minimum atomic E-state index is 0.647. The molecule has 0 radical (unpaired) electrons. The van der Waals surface area contributed by atoms with Crippen LogP contribution in [0.5, 0.6) is 0 Å². The van der Waals surface area contributed by atoms with Gasteiger partial charge in [-0.25, -0.2) is 4.98 Å². The molecule has 0 atom stereocenters. The summed E-state index contributed by atoms with van der Waals surface area (Å²) in [5, 5.41) is 8.15. The number of hydrogen-bond donors (Lipinski definition) is 1. The van der Waals surface area contributed by atoms with Crippen LogP contribution < -0.4 is 5.32 Å². The number of fused-ring (bicyclic) bond motifs is 1. The highest BCUT2D eigenvalue weighted by Gasteiger charge is 2.17. The summed E-state index contributed by atoms with van der Waals surface area (Å²) in [7, 11) is 1.70. The van der Waals surface area contributed by atoms with Crippen molar-refractivity contribution in [2.75, 3.05) is 25.6 Å². The van der Waals surface area contributed by atoms with Gasteiger partial charge in [-0.1, -0.05) is 30.3 Å². The standard InChI is InChI=1S/C18H22N4O/c1-12-13(2)20-18-16(15-8-6-5-7-9-15)14(3)21-22(18)17(12)19-10-11-23-4/h5-9,19H,10-11H2,1-4H3. The number of hydrogen-bond acceptors (Lipinski definition) is 4. The van der Waals surface area contributed by atoms with Gasteiger partial charge in [0, 0.05) is 30.5 Å². The van der Waals surface area contributed by atoms with Gasteiger partial charge < -0.3 is 10.1 Å². The third-order valence-electron chi connectivity index (χ3n) is 4.08. The smallest absolute Gasteiger partial charge is 0.165 e. The van der Waals surface area contributed by atoms with Crippen molar-refractivity contribution in [2.24, 2.45) is 0 Å². The Bertz CT molecular complexity index is 824. The maximum atomic E-state index is 5.14. The molecule has 3 aromatic rings. The second-order valence-electron chi connectivity index (χ2n) is 5.65. The summed E-state index contributed by atoms with van der Waals surface area (Å²) in [6, 6.07) is 10.3. The Kier molecular flexibility index (Phi) is 4.30. The zero-order valence-electron chi connectivity index (χ0n) is 14.1. The largest absolute Gasteiger partial charge is 0.383 e. The number of aryl methyl sites for hydroxylation is 2. The number of rotatable bonds is 5. The van der Waals surface area contributed by atoms with Crippen LogP contribution in [0.2, 0.25) is 0 Å². The molecule has 3 rings (SSSR count). The molecule has 1 N–H and O–H groups in total. The Morgan fingerprint density at radius 2 is 1.83 bits per heavy atom. The summed E-state index contributed by atoms with van der Waals surface area (Å²) in [6.45, 7) is 7.51. The predicted molar refractivity (Wildman–Crippen MR) is 93.0 cm³/mol. The molecule has 0 saturated carbocycles. The normalized spacial score (nSPS) is 11.1. The van der Waals surface area contributed by atoms with Gasteiger partial charge in [0.1, 0.15) is 5.82 Å². The van der Waals surface area contributed by atoms with E-state index in [1.165, 1.54) is 0 Å². The van der Waals surface area contributed by atoms with E-state index in [1.54, 1.807) is 7.11 Å². The molecule has 0 aliphatic heterocycles. The zero-order chi connectivity index (χ0) is 16.4. The van der Waals surface area contributed by atoms with Crippen molar-refractivity contribution < 1.29 is 4.74 Å². The summed E-state index contributed by atoms with van der Waals surface area (Å²) in [6.07, 6.45) is 0. The molecule has 23 heavy (non-hydrogen) atoms. The van der Waals surface area contributed by atoms with Crippen LogP contribution in [-0.4, -0.2) is 34.9 Å². The maximum absolute atomic E-state index is 5.14. The first-order valence-electron chi connectivity index (χ1n) is 7.78. The summed E-state index contributed by atoms with van der Waals surface area (Å²) >= 11 is 0. The SMILES string of the molecule is COCCNc1c(C)c(C)nc2c(-c3ccccc3)c(C)nn12. The van der Waals surface area contributed by atoms with Crippen LogP contribution >= 0.6 is 0 Å². The molecule has 0 fully saturated rings. The molecule has 0 saturated heterocycles. The van der Waals surface area contributed by atoms with E-state index in [0.717, 1.165) is 46.1 Å². The van der Waals surface area contributed by atoms with Crippen molar-refractivity contribution in [1.29, 1.82) is 0 Å². The van der Waals surface area contributed by atoms with E-state index in [-0.39, 0.29) is 0 Å². The molecule has 0 unspecified atom stereocenters. The van der Waals surface area contributed by atoms with Gasteiger partial charge in [0.05, 0.1) is 12.3 Å². The highest BCUT2D eigenvalue weighted by molar-refractivity contribution is 5.81. The third kappa shape index (κ3) is 2.80. The molecule has 1 aromatic carbocycles. The topological polar surface area (TPSA) is 51.5 Å². The number of aromatic nitrogens is 3. The van der Waals surface area contributed by atoms with Crippen LogP contribution in [0, 0.1) is 20.8 Å². The van der Waals surface area contributed by atoms with Crippen LogP contribution in [0.15, 0.2) is 30.3 Å². The van der Waals surface area contributed by atoms with E-state index in [9.17, 15) is 0 Å². The molecule has 5 heteroatoms. The lowest BCUT2D eigenvalue weighted by Crippen LogP contribution is -2.14. The zero-order valence-corrected chi connectivity index (χ0v) is 14.1. The Balaban J connectivity index is 2.19. The van der Waals surface area contributed by atoms with Crippen molar-refractivity contribution in [3.05, 3.63) is 47.3 Å². The Morgan fingerprint density at radius 1 is 1.09 bits per heavy atom. The first-order valence-corrected chi connectivity index (χ1v) is 7.78. The first kappa shape index (κ1) is 15.5. The van der Waals surface area contributed by atoms with Gasteiger partial charge in [0.15, 0.2) is 5.65 Å². The van der Waals surface area contributed by atoms with Gasteiger partial charge in [-0.2, -0.15) is 9.61 Å². The van der Waals surface area contributed by atoms with Crippen molar-refractivity contribution >= 4 is 11.5 Å². The number of benzene rings is 1. The lowest BCUT2D eigenvalue weighted by Gasteiger charge is -2.13. The predicted octanol–water partition coefficient (Wildman–Crippen LogP) is 3.38. The van der Waals surface area contributed by atoms with Gasteiger partial charge in [0.25, 0.3) is 0 Å². The van der Waals surface area contributed by atoms with E-state index in [0.29, 0.717) is 6.61 Å². The van der Waals surface area contributed by atoms with E-state index >= 15 is 0 Å². The molecule has 5 nitrogen and oxygen atoms in total. The van der Waals surface area contributed by atoms with E-state index in [4.69, 9.17) is 14.8 Å². The lowest BCUT2D eigenvalue weighted by atomic mass is 10.1. The van der Waals surface area contributed by atoms with Crippen LogP contribution in [0.3, 0.4) is 0 Å². The summed E-state index contributed by atoms with van der Waals surface area (Å²) < 4.78 is 7.05. The molecule has 0 aliphatic carbocycles. The van der Waals surface area contributed by atoms with Gasteiger partial charge in [-0.05, 0) is 26.3 Å². The summed E-state index contributed by atoms with van der Waals surface area (Å²) in [4.78, 5) is 4.79. The quantitative estimate of drug-likeness (QED) is 0.734. The van der Waals surface area contributed by atoms with Crippen LogP contribution in [0.25, 0.3) is 16.8 Å². The monoisotopic (exact) mass is 310 g/mol. The molecule has 0 aliphatic rings. The van der Waals surface area contributed by atoms with Crippen molar-refractivity contribution in [1.82, 2.24) is 14.6 Å². The Labute approximate surface area is 136 Å². The fourth-order valence-corrected chi connectivity index (χ4v) is 2.77. The fourth-order valence-electron chi connectivity index (χ4n) is 2.77. The highest BCUT2D eigenvalue weighted by atomic mass is 16.5. The number of ether oxygens (including phenoxy) is 1. The maximum Gasteiger partial charge on any atom is 0.165 e. The van der Waals surface area contributed by atoms with Crippen molar-refractivity contribution in [3.63, 3.8) is 0 Å². The van der Waals surface area contributed by atoms with Crippen molar-refractivity contribution in [2.45, 2.75) is 20.8 Å². The minimum Gasteiger partial charge on any atom is -0.383 e. The average Bonchev–Trinajstić information content (AvgIpc) is 2.87. The van der Waals surface area contributed by atoms with Gasteiger partial charge in [-0.3, -0.25) is 0 Å². The molecule has 2 aromatic heterocycles. The van der Waals surface area contributed by atoms with Crippen molar-refractivity contribution in [3.8, 4) is 11.1 Å². The van der Waals surface area contributed by atoms with E-state index in [1.807, 2.05) is 36.6 Å². The number of nitrogens with zero attached hydrogens (tertiary/aromatic N) is 3. The third-order valence-corrected chi connectivity index (χ3v) is 4.08. The number of nitrogens with one attached hydrogen (secondary N) is 1. The van der Waals surface area contributed by atoms with Gasteiger partial charge in [-0.15, -0.1) is 0 Å². The average molecular weight is 310 g/mol.